The van der Waals surface area contributed by atoms with Gasteiger partial charge in [0, 0.05) is 36.2 Å². The minimum atomic E-state index is -4.16. The maximum atomic E-state index is 13.7. The van der Waals surface area contributed by atoms with E-state index >= 15 is 0 Å². The van der Waals surface area contributed by atoms with Crippen molar-refractivity contribution in [2.75, 3.05) is 26.8 Å². The van der Waals surface area contributed by atoms with Gasteiger partial charge in [-0.3, -0.25) is 9.59 Å². The molecule has 0 unspecified atom stereocenters. The molecule has 0 aliphatic carbocycles. The zero-order valence-electron chi connectivity index (χ0n) is 16.6. The minimum absolute atomic E-state index is 0.0187. The molecule has 1 aromatic rings. The molecule has 3 atom stereocenters. The lowest BCUT2D eigenvalue weighted by molar-refractivity contribution is -0.134. The van der Waals surface area contributed by atoms with Crippen molar-refractivity contribution in [1.29, 1.82) is 0 Å². The quantitative estimate of drug-likeness (QED) is 0.648. The number of methoxy groups -OCH3 is 1. The van der Waals surface area contributed by atoms with Crippen molar-refractivity contribution in [2.45, 2.75) is 36.2 Å². The third-order valence-corrected chi connectivity index (χ3v) is 7.73. The largest absolute Gasteiger partial charge is 0.384 e. The van der Waals surface area contributed by atoms with E-state index in [1.807, 2.05) is 0 Å². The first-order valence-electron chi connectivity index (χ1n) is 9.55. The summed E-state index contributed by atoms with van der Waals surface area (Å²) in [6.07, 6.45) is 7.12. The van der Waals surface area contributed by atoms with Gasteiger partial charge in [0.05, 0.1) is 18.0 Å². The maximum absolute atomic E-state index is 13.7. The van der Waals surface area contributed by atoms with E-state index in [2.05, 4.69) is 5.92 Å². The molecule has 162 valence electrons. The Labute approximate surface area is 181 Å². The summed E-state index contributed by atoms with van der Waals surface area (Å²) in [4.78, 5) is 26.2. The van der Waals surface area contributed by atoms with Gasteiger partial charge in [-0.1, -0.05) is 17.5 Å². The van der Waals surface area contributed by atoms with Crippen molar-refractivity contribution in [1.82, 2.24) is 9.21 Å². The van der Waals surface area contributed by atoms with E-state index in [-0.39, 0.29) is 40.5 Å². The van der Waals surface area contributed by atoms with Crippen LogP contribution >= 0.6 is 11.6 Å². The zero-order chi connectivity index (χ0) is 22.1. The molecule has 30 heavy (non-hydrogen) atoms. The van der Waals surface area contributed by atoms with E-state index in [0.717, 1.165) is 0 Å². The lowest BCUT2D eigenvalue weighted by Crippen LogP contribution is -2.55. The number of primary amides is 1. The fourth-order valence-electron chi connectivity index (χ4n) is 4.34. The van der Waals surface area contributed by atoms with Crippen LogP contribution < -0.4 is 5.73 Å². The minimum Gasteiger partial charge on any atom is -0.384 e. The second-order valence-corrected chi connectivity index (χ2v) is 9.81. The predicted octanol–water partition coefficient (Wildman–Crippen LogP) is 1.09. The average Bonchev–Trinajstić information content (AvgIpc) is 2.76. The number of halogens is 1. The fraction of sp³-hybridized carbons (Fsp3) is 0.500. The monoisotopic (exact) mass is 453 g/mol. The molecule has 3 rings (SSSR count). The predicted molar refractivity (Wildman–Crippen MR) is 111 cm³/mol. The second kappa shape index (κ2) is 8.94. The molecular weight excluding hydrogens is 430 g/mol. The van der Waals surface area contributed by atoms with Gasteiger partial charge < -0.3 is 15.4 Å². The van der Waals surface area contributed by atoms with Gasteiger partial charge >= 0.3 is 0 Å². The van der Waals surface area contributed by atoms with Crippen LogP contribution in [-0.4, -0.2) is 68.3 Å². The van der Waals surface area contributed by atoms with Crippen LogP contribution in [0.15, 0.2) is 23.1 Å². The van der Waals surface area contributed by atoms with Crippen LogP contribution in [0.3, 0.4) is 0 Å². The number of ether oxygens (including phenoxy) is 1. The van der Waals surface area contributed by atoms with Crippen LogP contribution in [0.25, 0.3) is 0 Å². The van der Waals surface area contributed by atoms with Crippen molar-refractivity contribution in [3.05, 3.63) is 28.8 Å². The van der Waals surface area contributed by atoms with E-state index in [4.69, 9.17) is 28.5 Å². The first-order chi connectivity index (χ1) is 14.2. The summed E-state index contributed by atoms with van der Waals surface area (Å²) >= 11 is 6.06. The number of fused-ring (bicyclic) bond motifs is 2. The molecule has 8 nitrogen and oxygen atoms in total. The molecule has 1 aromatic carbocycles. The Balaban J connectivity index is 2.13. The number of hydrogen-bond acceptors (Lipinski definition) is 5. The Hall–Kier alpha value is -2.12. The molecule has 0 aromatic heterocycles. The van der Waals surface area contributed by atoms with Crippen LogP contribution in [0.4, 0.5) is 0 Å². The standard InChI is InChI=1S/C20H24ClN3O5S/c1-3-7-23-11-14(12-29-2)17-5-4-6-18(20(23)26)24(17)30(27,28)16-9-13(19(22)25)8-15(21)10-16/h1,8-10,14,17-18H,4-7,11-12H2,2H3,(H2,22,25)/t14-,17-,18+/m1/s1. The first-order valence-corrected chi connectivity index (χ1v) is 11.4. The number of hydrogen-bond donors (Lipinski definition) is 1. The van der Waals surface area contributed by atoms with Crippen LogP contribution in [-0.2, 0) is 19.6 Å². The molecule has 10 heteroatoms. The summed E-state index contributed by atoms with van der Waals surface area (Å²) in [5.74, 6) is 1.12. The second-order valence-electron chi connectivity index (χ2n) is 7.53. The summed E-state index contributed by atoms with van der Waals surface area (Å²) in [5, 5.41) is 0.0681. The molecule has 2 fully saturated rings. The molecule has 0 saturated carbocycles. The number of amides is 2. The number of rotatable bonds is 6. The Morgan fingerprint density at radius 3 is 2.73 bits per heavy atom. The summed E-state index contributed by atoms with van der Waals surface area (Å²) in [6, 6.07) is 2.44. The highest BCUT2D eigenvalue weighted by atomic mass is 35.5. The number of piperidine rings is 1. The Morgan fingerprint density at radius 2 is 2.10 bits per heavy atom. The molecule has 2 N–H and O–H groups in total. The Bertz CT molecular complexity index is 991. The summed E-state index contributed by atoms with van der Waals surface area (Å²) in [6.45, 7) is 0.686. The highest BCUT2D eigenvalue weighted by Crippen LogP contribution is 2.37. The highest BCUT2D eigenvalue weighted by Gasteiger charge is 2.50. The van der Waals surface area contributed by atoms with Gasteiger partial charge in [-0.25, -0.2) is 8.42 Å². The molecule has 2 heterocycles. The molecule has 2 aliphatic rings. The summed E-state index contributed by atoms with van der Waals surface area (Å²) in [7, 11) is -2.62. The van der Waals surface area contributed by atoms with E-state index in [0.29, 0.717) is 25.8 Å². The third kappa shape index (κ3) is 4.18. The first kappa shape index (κ1) is 22.6. The normalized spacial score (nSPS) is 24.9. The van der Waals surface area contributed by atoms with Crippen LogP contribution in [0.2, 0.25) is 5.02 Å². The number of nitrogens with zero attached hydrogens (tertiary/aromatic N) is 2. The molecule has 2 saturated heterocycles. The molecule has 2 aliphatic heterocycles. The van der Waals surface area contributed by atoms with Crippen LogP contribution in [0.5, 0.6) is 0 Å². The van der Waals surface area contributed by atoms with Crippen molar-refractivity contribution in [3.63, 3.8) is 0 Å². The summed E-state index contributed by atoms with van der Waals surface area (Å²) < 4.78 is 34.0. The molecule has 0 spiro atoms. The van der Waals surface area contributed by atoms with Crippen molar-refractivity contribution < 1.29 is 22.7 Å². The fourth-order valence-corrected chi connectivity index (χ4v) is 6.60. The molecule has 0 radical (unpaired) electrons. The number of nitrogens with two attached hydrogens (primary N) is 1. The van der Waals surface area contributed by atoms with Crippen LogP contribution in [0, 0.1) is 18.3 Å². The van der Waals surface area contributed by atoms with Gasteiger partial charge in [-0.15, -0.1) is 6.42 Å². The number of sulfonamides is 1. The van der Waals surface area contributed by atoms with E-state index in [1.54, 1.807) is 0 Å². The van der Waals surface area contributed by atoms with Crippen molar-refractivity contribution in [3.8, 4) is 12.3 Å². The van der Waals surface area contributed by atoms with E-state index < -0.39 is 28.0 Å². The third-order valence-electron chi connectivity index (χ3n) is 5.60. The van der Waals surface area contributed by atoms with Crippen molar-refractivity contribution in [2.24, 2.45) is 11.7 Å². The van der Waals surface area contributed by atoms with E-state index in [9.17, 15) is 18.0 Å². The molecule has 2 amide bonds. The number of benzene rings is 1. The lowest BCUT2D eigenvalue weighted by atomic mass is 9.91. The number of carbonyl (C=O) groups excluding carboxylic acids is 2. The number of carbonyl (C=O) groups is 2. The number of terminal acetylenes is 1. The van der Waals surface area contributed by atoms with Crippen molar-refractivity contribution >= 4 is 33.4 Å². The zero-order valence-corrected chi connectivity index (χ0v) is 18.2. The Morgan fingerprint density at radius 1 is 1.37 bits per heavy atom. The molecular formula is C20H24ClN3O5S. The Kier molecular flexibility index (Phi) is 6.72. The van der Waals surface area contributed by atoms with E-state index in [1.165, 1.54) is 34.5 Å². The van der Waals surface area contributed by atoms with Gasteiger partial charge in [0.1, 0.15) is 6.04 Å². The highest BCUT2D eigenvalue weighted by molar-refractivity contribution is 7.89. The maximum Gasteiger partial charge on any atom is 0.248 e. The lowest BCUT2D eigenvalue weighted by Gasteiger charge is -2.40. The molecule has 2 bridgehead atoms. The van der Waals surface area contributed by atoms with Gasteiger partial charge in [0.2, 0.25) is 21.8 Å². The smallest absolute Gasteiger partial charge is 0.248 e. The van der Waals surface area contributed by atoms with Gasteiger partial charge in [0.25, 0.3) is 0 Å². The van der Waals surface area contributed by atoms with Gasteiger partial charge in [0.15, 0.2) is 0 Å². The van der Waals surface area contributed by atoms with Crippen LogP contribution in [0.1, 0.15) is 29.6 Å². The van der Waals surface area contributed by atoms with Gasteiger partial charge in [-0.05, 0) is 37.5 Å². The van der Waals surface area contributed by atoms with Gasteiger partial charge in [-0.2, -0.15) is 4.31 Å². The summed E-state index contributed by atoms with van der Waals surface area (Å²) in [5.41, 5.74) is 5.30. The average molecular weight is 454 g/mol. The SMILES string of the molecule is C#CCN1C[C@H](COC)[C@H]2CCC[C@@H](C1=O)N2S(=O)(=O)c1cc(Cl)cc(C(N)=O)c1. The topological polar surface area (TPSA) is 110 Å².